The molecule has 1 fully saturated rings. The number of nitro benzene ring substituents is 1. The largest absolute Gasteiger partial charge is 0.646 e. The number of hydrogen-bond acceptors (Lipinski definition) is 10. The molecule has 0 aliphatic carbocycles. The summed E-state index contributed by atoms with van der Waals surface area (Å²) in [6, 6.07) is 21.1. The van der Waals surface area contributed by atoms with Gasteiger partial charge in [-0.1, -0.05) is 36.4 Å². The zero-order chi connectivity index (χ0) is 29.1. The number of aliphatic hydroxyl groups excluding tert-OH is 1. The molecule has 0 spiro atoms. The Balaban J connectivity index is 1.44. The Labute approximate surface area is 234 Å². The maximum absolute atomic E-state index is 14.0. The van der Waals surface area contributed by atoms with Gasteiger partial charge < -0.3 is 23.4 Å². The van der Waals surface area contributed by atoms with Gasteiger partial charge >= 0.3 is 13.8 Å². The minimum atomic E-state index is -4.50. The van der Waals surface area contributed by atoms with Crippen LogP contribution in [0.5, 0.6) is 11.5 Å². The lowest BCUT2D eigenvalue weighted by Crippen LogP contribution is -2.61. The molecule has 212 valence electrons. The van der Waals surface area contributed by atoms with E-state index in [1.54, 1.807) is 60.7 Å². The van der Waals surface area contributed by atoms with Gasteiger partial charge in [0, 0.05) is 18.6 Å². The normalized spacial score (nSPS) is 18.7. The fourth-order valence-corrected chi connectivity index (χ4v) is 5.95. The van der Waals surface area contributed by atoms with Gasteiger partial charge in [0.05, 0.1) is 23.0 Å². The number of phosphoric acid groups is 1. The van der Waals surface area contributed by atoms with Gasteiger partial charge in [-0.25, -0.2) is 4.79 Å². The number of rotatable bonds is 11. The molecule has 0 aromatic heterocycles. The smallest absolute Gasteiger partial charge is 0.456 e. The third-order valence-corrected chi connectivity index (χ3v) is 7.85. The first kappa shape index (κ1) is 27.9. The number of carbonyl (C=O) groups excluding carboxylic acids is 2. The van der Waals surface area contributed by atoms with Gasteiger partial charge in [-0.05, 0) is 48.9 Å². The molecule has 2 aliphatic heterocycles. The van der Waals surface area contributed by atoms with E-state index >= 15 is 0 Å². The molecule has 2 aliphatic rings. The van der Waals surface area contributed by atoms with E-state index in [0.717, 1.165) is 4.90 Å². The minimum Gasteiger partial charge on any atom is -0.456 e. The van der Waals surface area contributed by atoms with Crippen molar-refractivity contribution in [3.05, 3.63) is 112 Å². The van der Waals surface area contributed by atoms with Crippen LogP contribution in [0.4, 0.5) is 5.69 Å². The first-order chi connectivity index (χ1) is 19.6. The zero-order valence-corrected chi connectivity index (χ0v) is 22.6. The molecule has 12 nitrogen and oxygen atoms in total. The van der Waals surface area contributed by atoms with Gasteiger partial charge in [-0.15, -0.1) is 0 Å². The van der Waals surface area contributed by atoms with Crippen LogP contribution in [-0.2, 0) is 30.0 Å². The molecule has 41 heavy (non-hydrogen) atoms. The summed E-state index contributed by atoms with van der Waals surface area (Å²) in [5, 5.41) is 21.1. The number of non-ortho nitro benzene ring substituents is 1. The van der Waals surface area contributed by atoms with E-state index in [1.165, 1.54) is 31.2 Å². The standard InChI is InChI=1S/C28H25N2O10P/c1-18(31)25-23-16-24(40-41(36,38-21-8-4-2-5-9-21)39-22-10-6-3-7-11-22)26(29(23)27(25)32)28(33)37-17-19-12-14-20(15-13-19)30(34)35/h2-15,18,23,25,31H,16-17H2,1H3/t18-,23?,25-/m1/s1. The number of carbonyl (C=O) groups is 2. The number of ether oxygens (including phenoxy) is 1. The summed E-state index contributed by atoms with van der Waals surface area (Å²) in [7, 11) is -4.50. The minimum absolute atomic E-state index is 0.0520. The van der Waals surface area contributed by atoms with Crippen LogP contribution in [0.25, 0.3) is 0 Å². The number of benzene rings is 3. The number of amides is 1. The third-order valence-electron chi connectivity index (χ3n) is 6.54. The van der Waals surface area contributed by atoms with Crippen molar-refractivity contribution >= 4 is 25.4 Å². The van der Waals surface area contributed by atoms with E-state index in [9.17, 15) is 29.4 Å². The molecule has 1 amide bonds. The van der Waals surface area contributed by atoms with Gasteiger partial charge in [-0.2, -0.15) is 4.57 Å². The van der Waals surface area contributed by atoms with Crippen LogP contribution in [0.2, 0.25) is 0 Å². The predicted octanol–water partition coefficient (Wildman–Crippen LogP) is 4.74. The summed E-state index contributed by atoms with van der Waals surface area (Å²) in [4.78, 5) is 37.8. The summed E-state index contributed by atoms with van der Waals surface area (Å²) in [6.07, 6.45) is -1.06. The molecule has 5 rings (SSSR count). The Morgan fingerprint density at radius 2 is 1.56 bits per heavy atom. The molecule has 1 unspecified atom stereocenters. The molecule has 0 radical (unpaired) electrons. The second-order valence-electron chi connectivity index (χ2n) is 9.36. The Bertz CT molecular complexity index is 1480. The van der Waals surface area contributed by atoms with E-state index in [0.29, 0.717) is 5.56 Å². The van der Waals surface area contributed by atoms with Gasteiger partial charge in [0.2, 0.25) is 5.91 Å². The van der Waals surface area contributed by atoms with Crippen LogP contribution in [0, 0.1) is 16.0 Å². The summed E-state index contributed by atoms with van der Waals surface area (Å²) < 4.78 is 36.6. The Kier molecular flexibility index (Phi) is 7.78. The molecule has 1 saturated heterocycles. The molecule has 13 heteroatoms. The second kappa shape index (κ2) is 11.4. The van der Waals surface area contributed by atoms with Crippen LogP contribution in [-0.4, -0.2) is 39.0 Å². The highest BCUT2D eigenvalue weighted by atomic mass is 31.2. The number of β-lactam (4-membered cyclic amide) rings is 1. The van der Waals surface area contributed by atoms with Gasteiger partial charge in [0.15, 0.2) is 5.70 Å². The van der Waals surface area contributed by atoms with E-state index in [4.69, 9.17) is 18.3 Å². The molecular weight excluding hydrogens is 555 g/mol. The molecule has 0 saturated carbocycles. The highest BCUT2D eigenvalue weighted by Crippen LogP contribution is 2.55. The first-order valence-corrected chi connectivity index (χ1v) is 14.0. The summed E-state index contributed by atoms with van der Waals surface area (Å²) in [5.74, 6) is -2.09. The number of hydrogen-bond donors (Lipinski definition) is 1. The number of para-hydroxylation sites is 2. The van der Waals surface area contributed by atoms with Crippen LogP contribution in [0.15, 0.2) is 96.4 Å². The molecule has 1 N–H and O–H groups in total. The topological polar surface area (TPSA) is 155 Å². The number of phosphoric ester groups is 1. The number of nitro groups is 1. The van der Waals surface area contributed by atoms with Crippen LogP contribution in [0.1, 0.15) is 18.9 Å². The van der Waals surface area contributed by atoms with E-state index < -0.39 is 42.7 Å². The molecule has 3 aromatic carbocycles. The lowest BCUT2D eigenvalue weighted by molar-refractivity contribution is -0.384. The van der Waals surface area contributed by atoms with Crippen molar-refractivity contribution in [2.24, 2.45) is 5.92 Å². The van der Waals surface area contributed by atoms with Crippen molar-refractivity contribution in [1.82, 2.24) is 4.90 Å². The van der Waals surface area contributed by atoms with E-state index in [1.807, 2.05) is 0 Å². The lowest BCUT2D eigenvalue weighted by atomic mass is 9.83. The summed E-state index contributed by atoms with van der Waals surface area (Å²) >= 11 is 0. The van der Waals surface area contributed by atoms with Gasteiger partial charge in [0.25, 0.3) is 5.69 Å². The van der Waals surface area contributed by atoms with Crippen molar-refractivity contribution < 1.29 is 42.5 Å². The Morgan fingerprint density at radius 1 is 1.00 bits per heavy atom. The fraction of sp³-hybridized carbons (Fsp3) is 0.214. The highest BCUT2D eigenvalue weighted by molar-refractivity contribution is 7.49. The van der Waals surface area contributed by atoms with Crippen LogP contribution in [0.3, 0.4) is 0 Å². The van der Waals surface area contributed by atoms with Crippen molar-refractivity contribution in [2.45, 2.75) is 32.1 Å². The average molecular weight is 580 g/mol. The van der Waals surface area contributed by atoms with Crippen molar-refractivity contribution in [2.75, 3.05) is 0 Å². The molecular formula is C28H25N2O10P. The lowest BCUT2D eigenvalue weighted by Gasteiger charge is -2.44. The van der Waals surface area contributed by atoms with Crippen molar-refractivity contribution in [1.29, 1.82) is 0 Å². The summed E-state index contributed by atoms with van der Waals surface area (Å²) in [5.41, 5.74) is 0.0521. The molecule has 2 heterocycles. The molecule has 0 bridgehead atoms. The van der Waals surface area contributed by atoms with E-state index in [2.05, 4.69) is 0 Å². The average Bonchev–Trinajstić information content (AvgIpc) is 3.25. The molecule has 3 atom stereocenters. The molecule has 3 aromatic rings. The van der Waals surface area contributed by atoms with Crippen LogP contribution >= 0.6 is 7.82 Å². The second-order valence-corrected chi connectivity index (χ2v) is 10.8. The first-order valence-electron chi connectivity index (χ1n) is 12.6. The maximum Gasteiger partial charge on any atom is 0.646 e. The quantitative estimate of drug-likeness (QED) is 0.111. The number of esters is 1. The SMILES string of the molecule is C[C@@H](O)[C@H]1C(=O)N2C(C(=O)OCc3ccc([N+](=O)[O-])cc3)=C(OP(=O)(Oc3ccccc3)Oc3ccccc3)CC12. The van der Waals surface area contributed by atoms with Gasteiger partial charge in [-0.3, -0.25) is 19.8 Å². The third kappa shape index (κ3) is 5.93. The van der Waals surface area contributed by atoms with Crippen LogP contribution < -0.4 is 9.05 Å². The Morgan fingerprint density at radius 3 is 2.07 bits per heavy atom. The Hall–Kier alpha value is -4.67. The zero-order valence-electron chi connectivity index (χ0n) is 21.7. The number of fused-ring (bicyclic) bond motifs is 1. The maximum atomic E-state index is 14.0. The number of nitrogens with zero attached hydrogens (tertiary/aromatic N) is 2. The highest BCUT2D eigenvalue weighted by Gasteiger charge is 2.59. The fourth-order valence-electron chi connectivity index (χ4n) is 4.65. The number of aliphatic hydroxyl groups is 1. The summed E-state index contributed by atoms with van der Waals surface area (Å²) in [6.45, 7) is 1.20. The van der Waals surface area contributed by atoms with Crippen molar-refractivity contribution in [3.63, 3.8) is 0 Å². The predicted molar refractivity (Wildman–Crippen MR) is 143 cm³/mol. The monoisotopic (exact) mass is 580 g/mol. The van der Waals surface area contributed by atoms with E-state index in [-0.39, 0.29) is 41.7 Å². The van der Waals surface area contributed by atoms with Gasteiger partial charge in [0.1, 0.15) is 23.9 Å². The van der Waals surface area contributed by atoms with Crippen molar-refractivity contribution in [3.8, 4) is 11.5 Å².